The highest BCUT2D eigenvalue weighted by atomic mass is 19.1. The molecule has 0 amide bonds. The first-order chi connectivity index (χ1) is 10.1. The Hall–Kier alpha value is -1.42. The van der Waals surface area contributed by atoms with Crippen LogP contribution in [-0.2, 0) is 4.74 Å². The zero-order valence-electron chi connectivity index (χ0n) is 12.5. The number of carbonyl (C=O) groups is 1. The molecule has 4 heteroatoms. The largest absolute Gasteiger partial charge is 0.381 e. The van der Waals surface area contributed by atoms with Crippen molar-refractivity contribution in [3.63, 3.8) is 0 Å². The summed E-state index contributed by atoms with van der Waals surface area (Å²) < 4.78 is 19.9. The molecule has 1 unspecified atom stereocenters. The number of benzene rings is 1. The molecule has 21 heavy (non-hydrogen) atoms. The first-order valence-corrected chi connectivity index (χ1v) is 7.80. The van der Waals surface area contributed by atoms with E-state index < -0.39 is 5.82 Å². The average Bonchev–Trinajstić information content (AvgIpc) is 2.86. The number of ketones is 1. The zero-order valence-corrected chi connectivity index (χ0v) is 12.5. The third-order valence-corrected chi connectivity index (χ3v) is 4.73. The minimum Gasteiger partial charge on any atom is -0.381 e. The second kappa shape index (κ2) is 5.76. The molecular weight excluding hydrogens is 269 g/mol. The Morgan fingerprint density at radius 1 is 1.38 bits per heavy atom. The van der Waals surface area contributed by atoms with E-state index in [0.29, 0.717) is 5.69 Å². The number of halogens is 1. The van der Waals surface area contributed by atoms with Crippen molar-refractivity contribution in [3.8, 4) is 0 Å². The van der Waals surface area contributed by atoms with Gasteiger partial charge in [-0.15, -0.1) is 0 Å². The van der Waals surface area contributed by atoms with Gasteiger partial charge < -0.3 is 10.1 Å². The van der Waals surface area contributed by atoms with Crippen LogP contribution in [-0.4, -0.2) is 24.0 Å². The maximum absolute atomic E-state index is 13.9. The Kier molecular flexibility index (Phi) is 3.98. The number of carbonyl (C=O) groups excluding carboxylic acids is 1. The van der Waals surface area contributed by atoms with Crippen LogP contribution in [0.3, 0.4) is 0 Å². The lowest BCUT2D eigenvalue weighted by molar-refractivity contribution is -0.0767. The molecule has 2 aliphatic rings. The summed E-state index contributed by atoms with van der Waals surface area (Å²) in [7, 11) is 0. The predicted octanol–water partition coefficient (Wildman–Crippen LogP) is 3.93. The van der Waals surface area contributed by atoms with Crippen molar-refractivity contribution in [1.29, 1.82) is 0 Å². The van der Waals surface area contributed by atoms with E-state index in [1.165, 1.54) is 25.8 Å². The highest BCUT2D eigenvalue weighted by Gasteiger charge is 2.40. The number of nitrogens with one attached hydrogen (secondary N) is 1. The van der Waals surface area contributed by atoms with Gasteiger partial charge in [-0.1, -0.05) is 18.9 Å². The van der Waals surface area contributed by atoms with Gasteiger partial charge >= 0.3 is 0 Å². The van der Waals surface area contributed by atoms with Crippen molar-refractivity contribution < 1.29 is 13.9 Å². The van der Waals surface area contributed by atoms with E-state index in [0.717, 1.165) is 32.3 Å². The molecule has 1 saturated heterocycles. The molecule has 0 aromatic heterocycles. The molecule has 1 atom stereocenters. The minimum atomic E-state index is -0.449. The lowest BCUT2D eigenvalue weighted by Gasteiger charge is -2.39. The molecule has 1 aromatic rings. The highest BCUT2D eigenvalue weighted by molar-refractivity contribution is 5.99. The summed E-state index contributed by atoms with van der Waals surface area (Å²) in [5.74, 6) is -0.687. The zero-order chi connectivity index (χ0) is 14.9. The van der Waals surface area contributed by atoms with Gasteiger partial charge in [0, 0.05) is 18.3 Å². The van der Waals surface area contributed by atoms with E-state index in [-0.39, 0.29) is 23.0 Å². The fourth-order valence-electron chi connectivity index (χ4n) is 3.74. The van der Waals surface area contributed by atoms with Crippen LogP contribution in [0.2, 0.25) is 0 Å². The summed E-state index contributed by atoms with van der Waals surface area (Å²) in [5, 5.41) is 3.38. The lowest BCUT2D eigenvalue weighted by Crippen LogP contribution is -2.42. The van der Waals surface area contributed by atoms with E-state index in [4.69, 9.17) is 4.74 Å². The van der Waals surface area contributed by atoms with Crippen molar-refractivity contribution in [2.75, 3.05) is 11.9 Å². The smallest absolute Gasteiger partial charge is 0.164 e. The lowest BCUT2D eigenvalue weighted by atomic mass is 9.88. The predicted molar refractivity (Wildman–Crippen MR) is 80.2 cm³/mol. The van der Waals surface area contributed by atoms with E-state index >= 15 is 0 Å². The summed E-state index contributed by atoms with van der Waals surface area (Å²) in [4.78, 5) is 11.7. The van der Waals surface area contributed by atoms with Crippen molar-refractivity contribution in [1.82, 2.24) is 0 Å². The number of anilines is 1. The minimum absolute atomic E-state index is 0.0135. The molecule has 1 aliphatic heterocycles. The molecule has 1 aliphatic carbocycles. The second-order valence-corrected chi connectivity index (χ2v) is 6.29. The number of hydrogen-bond acceptors (Lipinski definition) is 3. The summed E-state index contributed by atoms with van der Waals surface area (Å²) in [6.45, 7) is 2.15. The maximum atomic E-state index is 13.9. The monoisotopic (exact) mass is 291 g/mol. The molecule has 0 radical (unpaired) electrons. The molecule has 114 valence electrons. The van der Waals surface area contributed by atoms with Crippen LogP contribution in [0.4, 0.5) is 10.1 Å². The molecule has 3 nitrogen and oxygen atoms in total. The van der Waals surface area contributed by atoms with Gasteiger partial charge in [0.05, 0.1) is 11.2 Å². The van der Waals surface area contributed by atoms with Gasteiger partial charge in [-0.3, -0.25) is 4.79 Å². The SMILES string of the molecule is CC(=O)c1c(F)cccc1NC1CCOC2(CCCC2)C1. The number of ether oxygens (including phenoxy) is 1. The number of hydrogen-bond donors (Lipinski definition) is 1. The van der Waals surface area contributed by atoms with Gasteiger partial charge in [0.1, 0.15) is 5.82 Å². The molecule has 1 spiro atoms. The van der Waals surface area contributed by atoms with Crippen molar-refractivity contribution in [3.05, 3.63) is 29.6 Å². The number of rotatable bonds is 3. The van der Waals surface area contributed by atoms with Crippen molar-refractivity contribution in [2.45, 2.75) is 57.1 Å². The molecule has 0 bridgehead atoms. The van der Waals surface area contributed by atoms with E-state index in [1.807, 2.05) is 0 Å². The molecule has 3 rings (SSSR count). The normalized spacial score (nSPS) is 24.2. The Morgan fingerprint density at radius 2 is 2.14 bits per heavy atom. The highest BCUT2D eigenvalue weighted by Crippen LogP contribution is 2.40. The summed E-state index contributed by atoms with van der Waals surface area (Å²) in [6.07, 6.45) is 6.54. The van der Waals surface area contributed by atoms with Gasteiger partial charge in [-0.2, -0.15) is 0 Å². The summed E-state index contributed by atoms with van der Waals surface area (Å²) >= 11 is 0. The van der Waals surface area contributed by atoms with E-state index in [2.05, 4.69) is 5.32 Å². The summed E-state index contributed by atoms with van der Waals surface area (Å²) in [6, 6.07) is 5.02. The van der Waals surface area contributed by atoms with Crippen LogP contribution >= 0.6 is 0 Å². The average molecular weight is 291 g/mol. The van der Waals surface area contributed by atoms with Crippen LogP contribution in [0.1, 0.15) is 55.8 Å². The van der Waals surface area contributed by atoms with Gasteiger partial charge in [-0.25, -0.2) is 4.39 Å². The quantitative estimate of drug-likeness (QED) is 0.857. The van der Waals surface area contributed by atoms with Gasteiger partial charge in [0.15, 0.2) is 5.78 Å². The molecule has 1 N–H and O–H groups in total. The first kappa shape index (κ1) is 14.5. The van der Waals surface area contributed by atoms with Gasteiger partial charge in [0.25, 0.3) is 0 Å². The molecular formula is C17H22FNO2. The van der Waals surface area contributed by atoms with E-state index in [9.17, 15) is 9.18 Å². The van der Waals surface area contributed by atoms with E-state index in [1.54, 1.807) is 12.1 Å². The molecule has 1 heterocycles. The Bertz CT molecular complexity index is 538. The van der Waals surface area contributed by atoms with Crippen molar-refractivity contribution in [2.24, 2.45) is 0 Å². The molecule has 2 fully saturated rings. The fraction of sp³-hybridized carbons (Fsp3) is 0.588. The Morgan fingerprint density at radius 3 is 2.86 bits per heavy atom. The Balaban J connectivity index is 1.77. The fourth-order valence-corrected chi connectivity index (χ4v) is 3.74. The van der Waals surface area contributed by atoms with Gasteiger partial charge in [0.2, 0.25) is 0 Å². The van der Waals surface area contributed by atoms with Crippen LogP contribution in [0.5, 0.6) is 0 Å². The van der Waals surface area contributed by atoms with Gasteiger partial charge in [-0.05, 0) is 44.7 Å². The van der Waals surface area contributed by atoms with Crippen molar-refractivity contribution >= 4 is 11.5 Å². The first-order valence-electron chi connectivity index (χ1n) is 7.80. The Labute approximate surface area is 124 Å². The summed E-state index contributed by atoms with van der Waals surface area (Å²) in [5.41, 5.74) is 0.798. The van der Waals surface area contributed by atoms with Crippen LogP contribution in [0.25, 0.3) is 0 Å². The molecule has 1 saturated carbocycles. The standard InChI is InChI=1S/C17H22FNO2/c1-12(20)16-14(18)5-4-6-15(16)19-13-7-10-21-17(11-13)8-2-3-9-17/h4-6,13,19H,2-3,7-11H2,1H3. The number of Topliss-reactive ketones (excluding diaryl/α,β-unsaturated/α-hetero) is 1. The van der Waals surface area contributed by atoms with Crippen LogP contribution in [0.15, 0.2) is 18.2 Å². The topological polar surface area (TPSA) is 38.3 Å². The third-order valence-electron chi connectivity index (χ3n) is 4.73. The van der Waals surface area contributed by atoms with Crippen LogP contribution < -0.4 is 5.32 Å². The molecule has 1 aromatic carbocycles. The third kappa shape index (κ3) is 2.95. The maximum Gasteiger partial charge on any atom is 0.164 e. The van der Waals surface area contributed by atoms with Crippen LogP contribution in [0, 0.1) is 5.82 Å². The second-order valence-electron chi connectivity index (χ2n) is 6.29.